The quantitative estimate of drug-likeness (QED) is 0.744. The molecule has 0 bridgehead atoms. The molecular weight excluding hydrogens is 176 g/mol. The van der Waals surface area contributed by atoms with Gasteiger partial charge in [0, 0.05) is 6.04 Å². The normalized spacial score (nSPS) is 24.8. The van der Waals surface area contributed by atoms with Gasteiger partial charge in [-0.2, -0.15) is 0 Å². The van der Waals surface area contributed by atoms with Crippen molar-refractivity contribution in [3.05, 3.63) is 0 Å². The highest BCUT2D eigenvalue weighted by molar-refractivity contribution is 5.84. The van der Waals surface area contributed by atoms with Crippen molar-refractivity contribution in [2.75, 3.05) is 6.67 Å². The standard InChI is InChI=1S/C11H22N2O/c1-5-6-10-11(14)13(7-12-10)9(4)8(2)3/h8-10,12H,5-7H2,1-4H3. The average molecular weight is 198 g/mol. The van der Waals surface area contributed by atoms with Crippen LogP contribution in [0.1, 0.15) is 40.5 Å². The SMILES string of the molecule is CCCC1NCN(C(C)C(C)C)C1=O. The summed E-state index contributed by atoms with van der Waals surface area (Å²) < 4.78 is 0. The minimum Gasteiger partial charge on any atom is -0.326 e. The van der Waals surface area contributed by atoms with E-state index in [1.54, 1.807) is 0 Å². The molecule has 1 fully saturated rings. The second kappa shape index (κ2) is 4.78. The summed E-state index contributed by atoms with van der Waals surface area (Å²) in [6, 6.07) is 0.415. The lowest BCUT2D eigenvalue weighted by molar-refractivity contribution is -0.131. The van der Waals surface area contributed by atoms with E-state index in [9.17, 15) is 4.79 Å². The summed E-state index contributed by atoms with van der Waals surface area (Å²) in [5.41, 5.74) is 0. The van der Waals surface area contributed by atoms with Crippen LogP contribution in [0.4, 0.5) is 0 Å². The molecule has 3 nitrogen and oxygen atoms in total. The molecule has 1 aliphatic heterocycles. The first kappa shape index (κ1) is 11.5. The number of hydrogen-bond acceptors (Lipinski definition) is 2. The first-order chi connectivity index (χ1) is 6.57. The van der Waals surface area contributed by atoms with Crippen LogP contribution in [0.25, 0.3) is 0 Å². The van der Waals surface area contributed by atoms with Gasteiger partial charge in [0.15, 0.2) is 0 Å². The molecule has 3 heteroatoms. The molecule has 1 aliphatic rings. The maximum Gasteiger partial charge on any atom is 0.241 e. The third-order valence-electron chi connectivity index (χ3n) is 3.12. The highest BCUT2D eigenvalue weighted by Crippen LogP contribution is 2.16. The third-order valence-corrected chi connectivity index (χ3v) is 3.12. The third kappa shape index (κ3) is 2.27. The Bertz CT molecular complexity index is 203. The van der Waals surface area contributed by atoms with Crippen LogP contribution in [0.3, 0.4) is 0 Å². The molecular formula is C11H22N2O. The Morgan fingerprint density at radius 3 is 2.64 bits per heavy atom. The van der Waals surface area contributed by atoms with E-state index in [0.29, 0.717) is 12.0 Å². The molecule has 0 radical (unpaired) electrons. The van der Waals surface area contributed by atoms with Crippen LogP contribution in [0.15, 0.2) is 0 Å². The minimum absolute atomic E-state index is 0.0706. The number of carbonyl (C=O) groups is 1. The zero-order valence-electron chi connectivity index (χ0n) is 9.71. The predicted molar refractivity (Wildman–Crippen MR) is 57.8 cm³/mol. The second-order valence-electron chi connectivity index (χ2n) is 4.50. The fraction of sp³-hybridized carbons (Fsp3) is 0.909. The minimum atomic E-state index is 0.0706. The van der Waals surface area contributed by atoms with Crippen LogP contribution in [0.2, 0.25) is 0 Å². The zero-order valence-corrected chi connectivity index (χ0v) is 9.71. The Morgan fingerprint density at radius 2 is 2.14 bits per heavy atom. The zero-order chi connectivity index (χ0) is 10.7. The summed E-state index contributed by atoms with van der Waals surface area (Å²) in [5.74, 6) is 0.814. The van der Waals surface area contributed by atoms with Gasteiger partial charge in [0.1, 0.15) is 0 Å². The van der Waals surface area contributed by atoms with Gasteiger partial charge >= 0.3 is 0 Å². The molecule has 0 aromatic rings. The topological polar surface area (TPSA) is 32.3 Å². The van der Waals surface area contributed by atoms with Gasteiger partial charge in [-0.25, -0.2) is 0 Å². The molecule has 0 aromatic carbocycles. The van der Waals surface area contributed by atoms with Gasteiger partial charge in [-0.3, -0.25) is 10.1 Å². The highest BCUT2D eigenvalue weighted by Gasteiger charge is 2.33. The number of nitrogens with one attached hydrogen (secondary N) is 1. The Kier molecular flexibility index (Phi) is 3.93. The van der Waals surface area contributed by atoms with Crippen molar-refractivity contribution in [1.29, 1.82) is 0 Å². The molecule has 1 N–H and O–H groups in total. The Hall–Kier alpha value is -0.570. The predicted octanol–water partition coefficient (Wildman–Crippen LogP) is 1.59. The highest BCUT2D eigenvalue weighted by atomic mass is 16.2. The lowest BCUT2D eigenvalue weighted by Crippen LogP contribution is -2.39. The Morgan fingerprint density at radius 1 is 1.50 bits per heavy atom. The first-order valence-corrected chi connectivity index (χ1v) is 5.61. The van der Waals surface area contributed by atoms with E-state index in [-0.39, 0.29) is 11.9 Å². The summed E-state index contributed by atoms with van der Waals surface area (Å²) in [6.45, 7) is 9.28. The molecule has 0 aliphatic carbocycles. The second-order valence-corrected chi connectivity index (χ2v) is 4.50. The van der Waals surface area contributed by atoms with E-state index in [1.807, 2.05) is 4.90 Å². The molecule has 0 spiro atoms. The van der Waals surface area contributed by atoms with Gasteiger partial charge in [-0.1, -0.05) is 27.2 Å². The van der Waals surface area contributed by atoms with Crippen molar-refractivity contribution in [2.24, 2.45) is 5.92 Å². The Balaban J connectivity index is 2.55. The molecule has 0 saturated carbocycles. The lowest BCUT2D eigenvalue weighted by atomic mass is 10.0. The van der Waals surface area contributed by atoms with E-state index in [0.717, 1.165) is 19.5 Å². The number of rotatable bonds is 4. The molecule has 1 saturated heterocycles. The van der Waals surface area contributed by atoms with Crippen LogP contribution in [-0.2, 0) is 4.79 Å². The van der Waals surface area contributed by atoms with Gasteiger partial charge in [0.2, 0.25) is 5.91 Å². The molecule has 82 valence electrons. The maximum absolute atomic E-state index is 11.9. The number of nitrogens with zero attached hydrogens (tertiary/aromatic N) is 1. The maximum atomic E-state index is 11.9. The summed E-state index contributed by atoms with van der Waals surface area (Å²) in [7, 11) is 0. The van der Waals surface area contributed by atoms with Gasteiger partial charge in [-0.05, 0) is 19.3 Å². The van der Waals surface area contributed by atoms with Crippen molar-refractivity contribution in [2.45, 2.75) is 52.6 Å². The van der Waals surface area contributed by atoms with Gasteiger partial charge in [0.25, 0.3) is 0 Å². The molecule has 2 unspecified atom stereocenters. The van der Waals surface area contributed by atoms with Gasteiger partial charge in [-0.15, -0.1) is 0 Å². The van der Waals surface area contributed by atoms with Crippen molar-refractivity contribution in [3.8, 4) is 0 Å². The van der Waals surface area contributed by atoms with Crippen molar-refractivity contribution in [1.82, 2.24) is 10.2 Å². The number of carbonyl (C=O) groups excluding carboxylic acids is 1. The summed E-state index contributed by atoms with van der Waals surface area (Å²) in [5, 5.41) is 3.27. The van der Waals surface area contributed by atoms with Crippen LogP contribution in [-0.4, -0.2) is 29.6 Å². The van der Waals surface area contributed by atoms with Crippen molar-refractivity contribution < 1.29 is 4.79 Å². The van der Waals surface area contributed by atoms with Crippen LogP contribution < -0.4 is 5.32 Å². The molecule has 1 heterocycles. The largest absolute Gasteiger partial charge is 0.326 e. The average Bonchev–Trinajstić information content (AvgIpc) is 2.48. The summed E-state index contributed by atoms with van der Waals surface area (Å²) in [6.07, 6.45) is 2.02. The fourth-order valence-corrected chi connectivity index (χ4v) is 1.79. The molecule has 1 rings (SSSR count). The molecule has 2 atom stereocenters. The van der Waals surface area contributed by atoms with E-state index < -0.39 is 0 Å². The fourth-order valence-electron chi connectivity index (χ4n) is 1.79. The van der Waals surface area contributed by atoms with Crippen LogP contribution in [0.5, 0.6) is 0 Å². The number of hydrogen-bond donors (Lipinski definition) is 1. The van der Waals surface area contributed by atoms with E-state index in [4.69, 9.17) is 0 Å². The summed E-state index contributed by atoms with van der Waals surface area (Å²) in [4.78, 5) is 13.9. The Labute approximate surface area is 86.9 Å². The van der Waals surface area contributed by atoms with Crippen LogP contribution in [0, 0.1) is 5.92 Å². The van der Waals surface area contributed by atoms with E-state index >= 15 is 0 Å². The monoisotopic (exact) mass is 198 g/mol. The van der Waals surface area contributed by atoms with Crippen LogP contribution >= 0.6 is 0 Å². The lowest BCUT2D eigenvalue weighted by Gasteiger charge is -2.27. The van der Waals surface area contributed by atoms with Crippen molar-refractivity contribution >= 4 is 5.91 Å². The van der Waals surface area contributed by atoms with Gasteiger partial charge < -0.3 is 4.90 Å². The van der Waals surface area contributed by atoms with Crippen molar-refractivity contribution in [3.63, 3.8) is 0 Å². The smallest absolute Gasteiger partial charge is 0.241 e. The number of amides is 1. The first-order valence-electron chi connectivity index (χ1n) is 5.61. The molecule has 14 heavy (non-hydrogen) atoms. The molecule has 0 aromatic heterocycles. The van der Waals surface area contributed by atoms with E-state index in [2.05, 4.69) is 33.0 Å². The molecule has 1 amide bonds. The van der Waals surface area contributed by atoms with Gasteiger partial charge in [0.05, 0.1) is 12.7 Å². The summed E-state index contributed by atoms with van der Waals surface area (Å²) >= 11 is 0. The van der Waals surface area contributed by atoms with E-state index in [1.165, 1.54) is 0 Å².